The summed E-state index contributed by atoms with van der Waals surface area (Å²) >= 11 is 0. The highest BCUT2D eigenvalue weighted by molar-refractivity contribution is 7.87. The summed E-state index contributed by atoms with van der Waals surface area (Å²) in [5.74, 6) is 0.812. The number of urea groups is 1. The highest BCUT2D eigenvalue weighted by atomic mass is 32.2. The molecule has 0 aliphatic carbocycles. The summed E-state index contributed by atoms with van der Waals surface area (Å²) in [6.07, 6.45) is 3.70. The van der Waals surface area contributed by atoms with Crippen LogP contribution in [0.1, 0.15) is 39.5 Å². The molecule has 0 aliphatic heterocycles. The van der Waals surface area contributed by atoms with E-state index in [2.05, 4.69) is 10.6 Å². The Balaban J connectivity index is 1.43. The molecule has 0 fully saturated rings. The second-order valence-corrected chi connectivity index (χ2v) is 13.1. The predicted octanol–water partition coefficient (Wildman–Crippen LogP) is 7.22. The molecule has 0 saturated heterocycles. The molecule has 2 amide bonds. The summed E-state index contributed by atoms with van der Waals surface area (Å²) in [6, 6.07) is 22.8. The molecular weight excluding hydrogens is 633 g/mol. The first-order chi connectivity index (χ1) is 22.1. The van der Waals surface area contributed by atoms with Gasteiger partial charge in [0, 0.05) is 0 Å². The van der Waals surface area contributed by atoms with Gasteiger partial charge in [-0.3, -0.25) is 0 Å². The van der Waals surface area contributed by atoms with Crippen molar-refractivity contribution in [3.05, 3.63) is 97.1 Å². The molecule has 0 bridgehead atoms. The lowest BCUT2D eigenvalue weighted by Crippen LogP contribution is -2.21. The number of hydrogen-bond acceptors (Lipinski definition) is 9. The molecule has 11 nitrogen and oxygen atoms in total. The zero-order chi connectivity index (χ0) is 33.0. The predicted molar refractivity (Wildman–Crippen MR) is 175 cm³/mol. The van der Waals surface area contributed by atoms with Crippen molar-refractivity contribution >= 4 is 37.6 Å². The zero-order valence-electron chi connectivity index (χ0n) is 25.5. The molecule has 4 aromatic rings. The number of ether oxygens (including phenoxy) is 2. The Labute approximate surface area is 269 Å². The van der Waals surface area contributed by atoms with Crippen LogP contribution in [0.4, 0.5) is 16.2 Å². The van der Waals surface area contributed by atoms with Crippen molar-refractivity contribution in [2.75, 3.05) is 23.8 Å². The van der Waals surface area contributed by atoms with Crippen LogP contribution in [0.25, 0.3) is 0 Å². The SMILES string of the molecule is CCCCOc1ccc(S(=O)(=O)Oc2ccccc2NC(=O)Nc2ccccc2OS(=O)(=O)c2ccc(OCCCC)cc2)cc1. The van der Waals surface area contributed by atoms with Gasteiger partial charge in [-0.25, -0.2) is 4.79 Å². The van der Waals surface area contributed by atoms with Gasteiger partial charge in [-0.1, -0.05) is 51.0 Å². The molecular formula is C33H36N2O9S2. The van der Waals surface area contributed by atoms with Crippen molar-refractivity contribution in [2.24, 2.45) is 0 Å². The van der Waals surface area contributed by atoms with E-state index in [4.69, 9.17) is 17.8 Å². The Hall–Kier alpha value is -4.75. The topological polar surface area (TPSA) is 146 Å². The van der Waals surface area contributed by atoms with E-state index in [1.165, 1.54) is 48.5 Å². The highest BCUT2D eigenvalue weighted by Crippen LogP contribution is 2.31. The average molecular weight is 669 g/mol. The lowest BCUT2D eigenvalue weighted by atomic mass is 10.3. The summed E-state index contributed by atoms with van der Waals surface area (Å²) in [4.78, 5) is 12.8. The van der Waals surface area contributed by atoms with E-state index in [1.54, 1.807) is 48.5 Å². The molecule has 0 atom stereocenters. The maximum atomic E-state index is 13.0. The van der Waals surface area contributed by atoms with Gasteiger partial charge in [0.25, 0.3) is 0 Å². The van der Waals surface area contributed by atoms with Crippen LogP contribution < -0.4 is 28.5 Å². The van der Waals surface area contributed by atoms with Crippen LogP contribution in [0.3, 0.4) is 0 Å². The molecule has 4 rings (SSSR count). The summed E-state index contributed by atoms with van der Waals surface area (Å²) in [7, 11) is -8.51. The monoisotopic (exact) mass is 668 g/mol. The van der Waals surface area contributed by atoms with Crippen molar-refractivity contribution in [1.82, 2.24) is 0 Å². The van der Waals surface area contributed by atoms with Crippen LogP contribution >= 0.6 is 0 Å². The van der Waals surface area contributed by atoms with Crippen LogP contribution in [0.2, 0.25) is 0 Å². The fourth-order valence-corrected chi connectivity index (χ4v) is 5.86. The van der Waals surface area contributed by atoms with Crippen molar-refractivity contribution in [2.45, 2.75) is 49.3 Å². The maximum Gasteiger partial charge on any atom is 0.339 e. The van der Waals surface area contributed by atoms with E-state index < -0.39 is 26.3 Å². The van der Waals surface area contributed by atoms with Gasteiger partial charge < -0.3 is 28.5 Å². The van der Waals surface area contributed by atoms with Gasteiger partial charge in [-0.15, -0.1) is 0 Å². The van der Waals surface area contributed by atoms with E-state index >= 15 is 0 Å². The van der Waals surface area contributed by atoms with E-state index in [9.17, 15) is 21.6 Å². The summed E-state index contributed by atoms with van der Waals surface area (Å²) in [5.41, 5.74) is 0.103. The smallest absolute Gasteiger partial charge is 0.339 e. The molecule has 46 heavy (non-hydrogen) atoms. The molecule has 0 heterocycles. The van der Waals surface area contributed by atoms with Crippen LogP contribution in [0.15, 0.2) is 107 Å². The van der Waals surface area contributed by atoms with Crippen molar-refractivity contribution in [3.63, 3.8) is 0 Å². The Morgan fingerprint density at radius 3 is 1.30 bits per heavy atom. The molecule has 2 N–H and O–H groups in total. The van der Waals surface area contributed by atoms with E-state index in [0.717, 1.165) is 25.7 Å². The Morgan fingerprint density at radius 1 is 0.565 bits per heavy atom. The lowest BCUT2D eigenvalue weighted by Gasteiger charge is -2.15. The molecule has 0 unspecified atom stereocenters. The number of benzene rings is 4. The van der Waals surface area contributed by atoms with E-state index in [1.807, 2.05) is 13.8 Å². The van der Waals surface area contributed by atoms with Gasteiger partial charge in [-0.2, -0.15) is 16.8 Å². The van der Waals surface area contributed by atoms with Gasteiger partial charge in [-0.05, 0) is 85.6 Å². The summed E-state index contributed by atoms with van der Waals surface area (Å²) in [6.45, 7) is 5.13. The van der Waals surface area contributed by atoms with E-state index in [0.29, 0.717) is 24.7 Å². The number of carbonyl (C=O) groups excluding carboxylic acids is 1. The van der Waals surface area contributed by atoms with Crippen LogP contribution in [0, 0.1) is 0 Å². The minimum Gasteiger partial charge on any atom is -0.494 e. The molecule has 0 aliphatic rings. The molecule has 13 heteroatoms. The zero-order valence-corrected chi connectivity index (χ0v) is 27.1. The fraction of sp³-hybridized carbons (Fsp3) is 0.242. The molecule has 0 radical (unpaired) electrons. The minimum absolute atomic E-state index is 0.0513. The number of unbranched alkanes of at least 4 members (excludes halogenated alkanes) is 2. The largest absolute Gasteiger partial charge is 0.494 e. The lowest BCUT2D eigenvalue weighted by molar-refractivity contribution is 0.262. The fourth-order valence-electron chi connectivity index (χ4n) is 3.97. The minimum atomic E-state index is -4.26. The van der Waals surface area contributed by atoms with Crippen molar-refractivity contribution in [3.8, 4) is 23.0 Å². The third kappa shape index (κ3) is 9.62. The molecule has 0 saturated carbocycles. The Kier molecular flexibility index (Phi) is 11.9. The number of amides is 2. The van der Waals surface area contributed by atoms with Gasteiger partial charge in [0.2, 0.25) is 0 Å². The number of nitrogens with one attached hydrogen (secondary N) is 2. The standard InChI is InChI=1S/C33H36N2O9S2/c1-3-5-23-41-25-15-19-27(20-16-25)45(37,38)43-31-13-9-7-11-29(31)34-33(36)35-30-12-8-10-14-32(30)44-46(39,40)28-21-17-26(18-22-28)42-24-6-4-2/h7-22H,3-6,23-24H2,1-2H3,(H2,34,35,36). The third-order valence-electron chi connectivity index (χ3n) is 6.43. The van der Waals surface area contributed by atoms with Gasteiger partial charge in [0.1, 0.15) is 21.3 Å². The summed E-state index contributed by atoms with van der Waals surface area (Å²) < 4.78 is 73.9. The number of rotatable bonds is 16. The Morgan fingerprint density at radius 2 is 0.935 bits per heavy atom. The second kappa shape index (κ2) is 16.0. The van der Waals surface area contributed by atoms with Gasteiger partial charge >= 0.3 is 26.3 Å². The maximum absolute atomic E-state index is 13.0. The van der Waals surface area contributed by atoms with Crippen LogP contribution in [-0.4, -0.2) is 36.1 Å². The molecule has 4 aromatic carbocycles. The highest BCUT2D eigenvalue weighted by Gasteiger charge is 2.22. The molecule has 244 valence electrons. The van der Waals surface area contributed by atoms with Gasteiger partial charge in [0.15, 0.2) is 11.5 Å². The first-order valence-electron chi connectivity index (χ1n) is 14.7. The van der Waals surface area contributed by atoms with E-state index in [-0.39, 0.29) is 32.7 Å². The molecule has 0 aromatic heterocycles. The number of hydrogen-bond donors (Lipinski definition) is 2. The number of para-hydroxylation sites is 4. The molecule has 0 spiro atoms. The van der Waals surface area contributed by atoms with Gasteiger partial charge in [0.05, 0.1) is 24.6 Å². The quantitative estimate of drug-likeness (QED) is 0.0933. The van der Waals surface area contributed by atoms with Crippen molar-refractivity contribution < 1.29 is 39.5 Å². The normalized spacial score (nSPS) is 11.3. The second-order valence-electron chi connectivity index (χ2n) is 9.99. The first kappa shape index (κ1) is 34.1. The number of carbonyl (C=O) groups is 1. The van der Waals surface area contributed by atoms with Crippen LogP contribution in [0.5, 0.6) is 23.0 Å². The Bertz CT molecular complexity index is 1680. The summed E-state index contributed by atoms with van der Waals surface area (Å²) in [5, 5.41) is 5.08. The van der Waals surface area contributed by atoms with Crippen molar-refractivity contribution in [1.29, 1.82) is 0 Å². The number of anilines is 2. The average Bonchev–Trinajstić information content (AvgIpc) is 3.03. The third-order valence-corrected chi connectivity index (χ3v) is 8.92. The first-order valence-corrected chi connectivity index (χ1v) is 17.5. The van der Waals surface area contributed by atoms with Crippen LogP contribution in [-0.2, 0) is 20.2 Å².